The molecule has 0 amide bonds. The van der Waals surface area contributed by atoms with E-state index in [0.29, 0.717) is 0 Å². The van der Waals surface area contributed by atoms with Crippen LogP contribution < -0.4 is 0 Å². The molecular weight excluding hydrogens is 617 g/mol. The summed E-state index contributed by atoms with van der Waals surface area (Å²) in [4.78, 5) is 0. The van der Waals surface area contributed by atoms with Crippen molar-refractivity contribution >= 4 is 43.5 Å². The van der Waals surface area contributed by atoms with Crippen LogP contribution in [0.1, 0.15) is 0 Å². The molecule has 0 saturated heterocycles. The standard InChI is InChI=1S/C50H32O/c1-4-15-33(16-5-1)36-27-29-38(34-17-6-2-7-18-34)45(31-36)37-28-30-43-47(32-37)51-46-26-14-25-44(50(43)46)49-41-23-12-10-21-39(41)48(35-19-8-3-9-20-35)40-22-11-13-24-42(40)49/h1-32H. The molecule has 0 N–H and O–H groups in total. The summed E-state index contributed by atoms with van der Waals surface area (Å²) in [6, 6.07) is 69.8. The van der Waals surface area contributed by atoms with Crippen LogP contribution in [-0.2, 0) is 0 Å². The van der Waals surface area contributed by atoms with E-state index in [1.54, 1.807) is 0 Å². The van der Waals surface area contributed by atoms with Crippen LogP contribution in [0.25, 0.3) is 99.1 Å². The van der Waals surface area contributed by atoms with Crippen LogP contribution in [0.3, 0.4) is 0 Å². The van der Waals surface area contributed by atoms with Gasteiger partial charge in [0.25, 0.3) is 0 Å². The molecule has 0 bridgehead atoms. The minimum atomic E-state index is 0.883. The minimum Gasteiger partial charge on any atom is -0.456 e. The Morgan fingerprint density at radius 2 is 0.804 bits per heavy atom. The molecule has 0 fully saturated rings. The Hall–Kier alpha value is -6.70. The molecule has 51 heavy (non-hydrogen) atoms. The topological polar surface area (TPSA) is 13.1 Å². The highest BCUT2D eigenvalue weighted by Crippen LogP contribution is 2.47. The van der Waals surface area contributed by atoms with Crippen molar-refractivity contribution in [3.63, 3.8) is 0 Å². The maximum absolute atomic E-state index is 6.75. The summed E-state index contributed by atoms with van der Waals surface area (Å²) >= 11 is 0. The molecule has 0 radical (unpaired) electrons. The van der Waals surface area contributed by atoms with E-state index in [2.05, 4.69) is 194 Å². The second kappa shape index (κ2) is 12.0. The van der Waals surface area contributed by atoms with Crippen molar-refractivity contribution < 1.29 is 4.42 Å². The summed E-state index contributed by atoms with van der Waals surface area (Å²) < 4.78 is 6.75. The SMILES string of the molecule is c1ccc(-c2ccc(-c3ccccc3)c(-c3ccc4c(c3)oc3cccc(-c5c6ccccc6c(-c6ccccc6)c6ccccc56)c34)c2)cc1. The first kappa shape index (κ1) is 29.2. The van der Waals surface area contributed by atoms with Gasteiger partial charge in [-0.05, 0) is 101 Å². The van der Waals surface area contributed by atoms with Crippen LogP contribution in [0.2, 0.25) is 0 Å². The Bertz CT molecular complexity index is 2830. The maximum atomic E-state index is 6.75. The van der Waals surface area contributed by atoms with E-state index in [1.165, 1.54) is 71.6 Å². The lowest BCUT2D eigenvalue weighted by Gasteiger charge is -2.18. The average Bonchev–Trinajstić information content (AvgIpc) is 3.59. The zero-order chi connectivity index (χ0) is 33.7. The molecule has 238 valence electrons. The van der Waals surface area contributed by atoms with Crippen LogP contribution in [0, 0.1) is 0 Å². The van der Waals surface area contributed by atoms with Crippen LogP contribution >= 0.6 is 0 Å². The quantitative estimate of drug-likeness (QED) is 0.169. The minimum absolute atomic E-state index is 0.883. The highest BCUT2D eigenvalue weighted by Gasteiger charge is 2.21. The molecular formula is C50H32O. The van der Waals surface area contributed by atoms with Gasteiger partial charge in [-0.2, -0.15) is 0 Å². The molecule has 0 saturated carbocycles. The van der Waals surface area contributed by atoms with Crippen LogP contribution in [-0.4, -0.2) is 0 Å². The Kier molecular flexibility index (Phi) is 6.89. The second-order valence-corrected chi connectivity index (χ2v) is 13.2. The number of benzene rings is 9. The number of fused-ring (bicyclic) bond motifs is 5. The highest BCUT2D eigenvalue weighted by molar-refractivity contribution is 6.25. The van der Waals surface area contributed by atoms with E-state index in [4.69, 9.17) is 4.42 Å². The van der Waals surface area contributed by atoms with Gasteiger partial charge in [-0.1, -0.05) is 170 Å². The third-order valence-electron chi connectivity index (χ3n) is 10.3. The van der Waals surface area contributed by atoms with E-state index < -0.39 is 0 Å². The number of hydrogen-bond donors (Lipinski definition) is 0. The zero-order valence-electron chi connectivity index (χ0n) is 27.9. The lowest BCUT2D eigenvalue weighted by molar-refractivity contribution is 0.669. The van der Waals surface area contributed by atoms with Crippen molar-refractivity contribution in [2.75, 3.05) is 0 Å². The predicted octanol–water partition coefficient (Wildman–Crippen LogP) is 14.2. The molecule has 0 spiro atoms. The molecule has 0 unspecified atom stereocenters. The number of furan rings is 1. The Morgan fingerprint density at radius 3 is 1.45 bits per heavy atom. The van der Waals surface area contributed by atoms with E-state index in [-0.39, 0.29) is 0 Å². The van der Waals surface area contributed by atoms with Crippen molar-refractivity contribution in [3.8, 4) is 55.6 Å². The molecule has 10 rings (SSSR count). The Labute approximate surface area is 296 Å². The van der Waals surface area contributed by atoms with Gasteiger partial charge in [0.1, 0.15) is 11.2 Å². The normalized spacial score (nSPS) is 11.5. The summed E-state index contributed by atoms with van der Waals surface area (Å²) in [7, 11) is 0. The Morgan fingerprint density at radius 1 is 0.255 bits per heavy atom. The lowest BCUT2D eigenvalue weighted by atomic mass is 9.85. The zero-order valence-corrected chi connectivity index (χ0v) is 27.9. The van der Waals surface area contributed by atoms with Crippen molar-refractivity contribution in [1.29, 1.82) is 0 Å². The average molecular weight is 649 g/mol. The first-order chi connectivity index (χ1) is 25.3. The summed E-state index contributed by atoms with van der Waals surface area (Å²) in [5, 5.41) is 7.22. The lowest BCUT2D eigenvalue weighted by Crippen LogP contribution is -1.91. The molecule has 0 aliphatic rings. The smallest absolute Gasteiger partial charge is 0.136 e. The van der Waals surface area contributed by atoms with Gasteiger partial charge in [0.2, 0.25) is 0 Å². The fourth-order valence-corrected chi connectivity index (χ4v) is 8.00. The van der Waals surface area contributed by atoms with Gasteiger partial charge in [0.05, 0.1) is 0 Å². The fraction of sp³-hybridized carbons (Fsp3) is 0. The number of rotatable bonds is 5. The first-order valence-corrected chi connectivity index (χ1v) is 17.5. The molecule has 0 aliphatic heterocycles. The molecule has 1 heterocycles. The molecule has 9 aromatic carbocycles. The summed E-state index contributed by atoms with van der Waals surface area (Å²) in [5.74, 6) is 0. The van der Waals surface area contributed by atoms with Crippen LogP contribution in [0.15, 0.2) is 199 Å². The van der Waals surface area contributed by atoms with E-state index in [9.17, 15) is 0 Å². The first-order valence-electron chi connectivity index (χ1n) is 17.5. The van der Waals surface area contributed by atoms with Crippen molar-refractivity contribution in [1.82, 2.24) is 0 Å². The molecule has 0 aliphatic carbocycles. The largest absolute Gasteiger partial charge is 0.456 e. The predicted molar refractivity (Wildman–Crippen MR) is 216 cm³/mol. The monoisotopic (exact) mass is 648 g/mol. The molecule has 0 atom stereocenters. The summed E-state index contributed by atoms with van der Waals surface area (Å²) in [6.45, 7) is 0. The second-order valence-electron chi connectivity index (χ2n) is 13.2. The van der Waals surface area contributed by atoms with Gasteiger partial charge in [0, 0.05) is 10.8 Å². The van der Waals surface area contributed by atoms with Crippen molar-refractivity contribution in [2.24, 2.45) is 0 Å². The van der Waals surface area contributed by atoms with Gasteiger partial charge in [-0.15, -0.1) is 0 Å². The number of hydrogen-bond acceptors (Lipinski definition) is 1. The van der Waals surface area contributed by atoms with E-state index in [1.807, 2.05) is 0 Å². The van der Waals surface area contributed by atoms with Crippen LogP contribution in [0.5, 0.6) is 0 Å². The van der Waals surface area contributed by atoms with Gasteiger partial charge < -0.3 is 4.42 Å². The van der Waals surface area contributed by atoms with Gasteiger partial charge in [0.15, 0.2) is 0 Å². The van der Waals surface area contributed by atoms with Crippen LogP contribution in [0.4, 0.5) is 0 Å². The van der Waals surface area contributed by atoms with Gasteiger partial charge in [-0.25, -0.2) is 0 Å². The summed E-state index contributed by atoms with van der Waals surface area (Å²) in [6.07, 6.45) is 0. The maximum Gasteiger partial charge on any atom is 0.136 e. The third kappa shape index (κ3) is 4.86. The van der Waals surface area contributed by atoms with E-state index in [0.717, 1.165) is 27.5 Å². The fourth-order valence-electron chi connectivity index (χ4n) is 8.00. The molecule has 1 aromatic heterocycles. The van der Waals surface area contributed by atoms with Gasteiger partial charge in [-0.3, -0.25) is 0 Å². The molecule has 1 heteroatoms. The molecule has 1 nitrogen and oxygen atoms in total. The van der Waals surface area contributed by atoms with E-state index >= 15 is 0 Å². The Balaban J connectivity index is 1.21. The highest BCUT2D eigenvalue weighted by atomic mass is 16.3. The third-order valence-corrected chi connectivity index (χ3v) is 10.3. The summed E-state index contributed by atoms with van der Waals surface area (Å²) in [5.41, 5.74) is 13.8. The van der Waals surface area contributed by atoms with Crippen molar-refractivity contribution in [2.45, 2.75) is 0 Å². The van der Waals surface area contributed by atoms with Gasteiger partial charge >= 0.3 is 0 Å². The van der Waals surface area contributed by atoms with Crippen molar-refractivity contribution in [3.05, 3.63) is 194 Å². The molecule has 10 aromatic rings.